The highest BCUT2D eigenvalue weighted by atomic mass is 32.1. The average Bonchev–Trinajstić information content (AvgIpc) is 2.94. The molecule has 0 aromatic carbocycles. The number of thiophene rings is 1. The molecule has 20 heavy (non-hydrogen) atoms. The summed E-state index contributed by atoms with van der Waals surface area (Å²) in [4.78, 5) is 26.6. The first kappa shape index (κ1) is 13.1. The highest BCUT2D eigenvalue weighted by molar-refractivity contribution is 7.12. The Balaban J connectivity index is 1.84. The van der Waals surface area contributed by atoms with E-state index < -0.39 is 0 Å². The summed E-state index contributed by atoms with van der Waals surface area (Å²) in [6.45, 7) is 0.125. The van der Waals surface area contributed by atoms with Gasteiger partial charge in [-0.25, -0.2) is 0 Å². The Hall–Kier alpha value is -1.87. The van der Waals surface area contributed by atoms with Crippen LogP contribution in [0.15, 0.2) is 11.4 Å². The maximum atomic E-state index is 12.6. The van der Waals surface area contributed by atoms with Crippen molar-refractivity contribution in [3.63, 3.8) is 0 Å². The van der Waals surface area contributed by atoms with Crippen molar-refractivity contribution in [2.45, 2.75) is 37.8 Å². The number of carbonyl (C=O) groups is 2. The highest BCUT2D eigenvalue weighted by Gasteiger charge is 2.39. The van der Waals surface area contributed by atoms with Crippen molar-refractivity contribution in [3.8, 4) is 6.07 Å². The minimum atomic E-state index is -0.122. The van der Waals surface area contributed by atoms with Gasteiger partial charge < -0.3 is 10.2 Å². The number of hydrogen-bond donors (Lipinski definition) is 1. The third-order valence-electron chi connectivity index (χ3n) is 3.99. The van der Waals surface area contributed by atoms with Crippen LogP contribution in [0.2, 0.25) is 0 Å². The molecule has 1 saturated heterocycles. The molecule has 1 N–H and O–H groups in total. The van der Waals surface area contributed by atoms with Crippen LogP contribution in [0.5, 0.6) is 0 Å². The van der Waals surface area contributed by atoms with Gasteiger partial charge in [0, 0.05) is 11.4 Å². The van der Waals surface area contributed by atoms with Gasteiger partial charge >= 0.3 is 0 Å². The summed E-state index contributed by atoms with van der Waals surface area (Å²) >= 11 is 1.27. The van der Waals surface area contributed by atoms with Gasteiger partial charge in [-0.3, -0.25) is 9.59 Å². The van der Waals surface area contributed by atoms with Crippen molar-refractivity contribution < 1.29 is 9.59 Å². The van der Waals surface area contributed by atoms with Crippen molar-refractivity contribution in [2.24, 2.45) is 0 Å². The molecule has 2 heterocycles. The van der Waals surface area contributed by atoms with Crippen LogP contribution in [-0.2, 0) is 4.79 Å². The van der Waals surface area contributed by atoms with Gasteiger partial charge in [-0.2, -0.15) is 5.26 Å². The van der Waals surface area contributed by atoms with E-state index in [-0.39, 0.29) is 30.4 Å². The van der Waals surface area contributed by atoms with Gasteiger partial charge in [0.15, 0.2) is 0 Å². The summed E-state index contributed by atoms with van der Waals surface area (Å²) in [6, 6.07) is 3.83. The fraction of sp³-hybridized carbons (Fsp3) is 0.500. The molecule has 2 atom stereocenters. The van der Waals surface area contributed by atoms with Gasteiger partial charge in [0.25, 0.3) is 5.91 Å². The van der Waals surface area contributed by atoms with Gasteiger partial charge in [0.1, 0.15) is 12.6 Å². The van der Waals surface area contributed by atoms with E-state index in [9.17, 15) is 9.59 Å². The van der Waals surface area contributed by atoms with Crippen LogP contribution in [0, 0.1) is 11.3 Å². The number of nitrogens with one attached hydrogen (secondary N) is 1. The molecule has 1 aliphatic heterocycles. The average molecular weight is 289 g/mol. The summed E-state index contributed by atoms with van der Waals surface area (Å²) in [5.74, 6) is -0.207. The molecule has 2 amide bonds. The molecule has 1 aromatic heterocycles. The van der Waals surface area contributed by atoms with Gasteiger partial charge in [-0.05, 0) is 18.9 Å². The van der Waals surface area contributed by atoms with E-state index in [1.54, 1.807) is 16.3 Å². The number of rotatable bonds is 1. The van der Waals surface area contributed by atoms with Crippen LogP contribution < -0.4 is 5.32 Å². The second-order valence-corrected chi connectivity index (χ2v) is 6.18. The molecule has 2 aliphatic rings. The third kappa shape index (κ3) is 2.29. The first-order valence-electron chi connectivity index (χ1n) is 6.78. The van der Waals surface area contributed by atoms with E-state index in [1.165, 1.54) is 11.3 Å². The van der Waals surface area contributed by atoms with Crippen molar-refractivity contribution >= 4 is 23.2 Å². The third-order valence-corrected chi connectivity index (χ3v) is 4.91. The molecule has 1 saturated carbocycles. The lowest BCUT2D eigenvalue weighted by Crippen LogP contribution is -2.62. The van der Waals surface area contributed by atoms with Crippen molar-refractivity contribution in [1.82, 2.24) is 10.2 Å². The molecule has 104 valence electrons. The predicted octanol–water partition coefficient (Wildman–Crippen LogP) is 1.50. The van der Waals surface area contributed by atoms with E-state index in [1.807, 2.05) is 6.07 Å². The minimum Gasteiger partial charge on any atom is -0.350 e. The van der Waals surface area contributed by atoms with Gasteiger partial charge in [0.2, 0.25) is 5.91 Å². The largest absolute Gasteiger partial charge is 0.350 e. The molecular formula is C14H15N3O2S. The topological polar surface area (TPSA) is 73.2 Å². The number of nitriles is 1. The second-order valence-electron chi connectivity index (χ2n) is 5.27. The Morgan fingerprint density at radius 3 is 3.00 bits per heavy atom. The summed E-state index contributed by atoms with van der Waals surface area (Å²) in [7, 11) is 0. The molecule has 0 unspecified atom stereocenters. The zero-order valence-corrected chi connectivity index (χ0v) is 11.8. The predicted molar refractivity (Wildman–Crippen MR) is 74.3 cm³/mol. The number of nitrogens with zero attached hydrogens (tertiary/aromatic N) is 2. The quantitative estimate of drug-likeness (QED) is 0.851. The van der Waals surface area contributed by atoms with E-state index in [4.69, 9.17) is 5.26 Å². The van der Waals surface area contributed by atoms with Gasteiger partial charge in [0.05, 0.1) is 16.5 Å². The number of carbonyl (C=O) groups excluding carboxylic acids is 2. The molecule has 2 fully saturated rings. The molecule has 0 spiro atoms. The Labute approximate surface area is 121 Å². The molecule has 3 rings (SSSR count). The van der Waals surface area contributed by atoms with E-state index in [0.717, 1.165) is 25.7 Å². The van der Waals surface area contributed by atoms with Crippen LogP contribution in [0.1, 0.15) is 40.9 Å². The number of amides is 2. The maximum absolute atomic E-state index is 12.6. The molecule has 5 nitrogen and oxygen atoms in total. The van der Waals surface area contributed by atoms with Crippen LogP contribution in [-0.4, -0.2) is 35.3 Å². The van der Waals surface area contributed by atoms with Crippen LogP contribution >= 0.6 is 11.3 Å². The number of fused-ring (bicyclic) bond motifs is 1. The lowest BCUT2D eigenvalue weighted by molar-refractivity contribution is -0.127. The summed E-state index contributed by atoms with van der Waals surface area (Å²) < 4.78 is 0. The van der Waals surface area contributed by atoms with Crippen LogP contribution in [0.3, 0.4) is 0 Å². The fourth-order valence-electron chi connectivity index (χ4n) is 3.05. The molecule has 1 aromatic rings. The normalized spacial score (nSPS) is 25.6. The number of piperazine rings is 1. The first-order chi connectivity index (χ1) is 9.69. The van der Waals surface area contributed by atoms with E-state index in [0.29, 0.717) is 10.4 Å². The maximum Gasteiger partial charge on any atom is 0.264 e. The van der Waals surface area contributed by atoms with Gasteiger partial charge in [-0.1, -0.05) is 12.8 Å². The number of hydrogen-bond acceptors (Lipinski definition) is 4. The molecular weight excluding hydrogens is 274 g/mol. The van der Waals surface area contributed by atoms with Crippen molar-refractivity contribution in [2.75, 3.05) is 6.54 Å². The Bertz CT molecular complexity index is 589. The first-order valence-corrected chi connectivity index (χ1v) is 7.66. The Kier molecular flexibility index (Phi) is 3.45. The molecule has 0 radical (unpaired) electrons. The molecule has 6 heteroatoms. The van der Waals surface area contributed by atoms with Crippen molar-refractivity contribution in [3.05, 3.63) is 21.9 Å². The molecule has 0 bridgehead atoms. The summed E-state index contributed by atoms with van der Waals surface area (Å²) in [5, 5.41) is 13.5. The Morgan fingerprint density at radius 1 is 1.45 bits per heavy atom. The monoisotopic (exact) mass is 289 g/mol. The van der Waals surface area contributed by atoms with Gasteiger partial charge in [-0.15, -0.1) is 11.3 Å². The smallest absolute Gasteiger partial charge is 0.264 e. The van der Waals surface area contributed by atoms with E-state index >= 15 is 0 Å². The summed E-state index contributed by atoms with van der Waals surface area (Å²) in [5.41, 5.74) is 0.500. The lowest BCUT2D eigenvalue weighted by Gasteiger charge is -2.43. The standard InChI is InChI=1S/C14H15N3O2S/c15-6-9-5-12(20-8-9)14(19)17-7-13(18)16-10-3-1-2-4-11(10)17/h5,8,10-11H,1-4,7H2,(H,16,18)/t10-,11+/m1/s1. The van der Waals surface area contributed by atoms with Crippen LogP contribution in [0.4, 0.5) is 0 Å². The minimum absolute atomic E-state index is 0.0847. The van der Waals surface area contributed by atoms with Crippen LogP contribution in [0.25, 0.3) is 0 Å². The fourth-order valence-corrected chi connectivity index (χ4v) is 3.84. The Morgan fingerprint density at radius 2 is 2.25 bits per heavy atom. The summed E-state index contributed by atoms with van der Waals surface area (Å²) in [6.07, 6.45) is 4.07. The second kappa shape index (κ2) is 5.25. The highest BCUT2D eigenvalue weighted by Crippen LogP contribution is 2.28. The SMILES string of the molecule is N#Cc1csc(C(=O)N2CC(=O)N[C@@H]3CCCC[C@@H]32)c1. The zero-order valence-electron chi connectivity index (χ0n) is 11.0. The van der Waals surface area contributed by atoms with E-state index in [2.05, 4.69) is 5.32 Å². The lowest BCUT2D eigenvalue weighted by atomic mass is 9.87. The van der Waals surface area contributed by atoms with Crippen molar-refractivity contribution in [1.29, 1.82) is 5.26 Å². The zero-order chi connectivity index (χ0) is 14.1. The molecule has 1 aliphatic carbocycles.